The summed E-state index contributed by atoms with van der Waals surface area (Å²) in [6.45, 7) is 6.03. The predicted molar refractivity (Wildman–Crippen MR) is 66.8 cm³/mol. The van der Waals surface area contributed by atoms with Gasteiger partial charge in [0.25, 0.3) is 0 Å². The van der Waals surface area contributed by atoms with E-state index in [1.807, 2.05) is 0 Å². The van der Waals surface area contributed by atoms with Crippen molar-refractivity contribution < 1.29 is 4.39 Å². The number of hydrogen-bond acceptors (Lipinski definition) is 2. The molecular formula is C12H16BrFN2. The Morgan fingerprint density at radius 3 is 3.12 bits per heavy atom. The van der Waals surface area contributed by atoms with E-state index in [-0.39, 0.29) is 5.82 Å². The van der Waals surface area contributed by atoms with Crippen LogP contribution >= 0.6 is 15.9 Å². The second kappa shape index (κ2) is 5.25. The van der Waals surface area contributed by atoms with E-state index in [1.54, 1.807) is 12.1 Å². The van der Waals surface area contributed by atoms with Gasteiger partial charge in [-0.3, -0.25) is 4.90 Å². The first-order chi connectivity index (χ1) is 7.65. The second-order valence-electron chi connectivity index (χ2n) is 4.33. The summed E-state index contributed by atoms with van der Waals surface area (Å²) in [5, 5.41) is 3.40. The van der Waals surface area contributed by atoms with Crippen LogP contribution in [0, 0.1) is 5.82 Å². The van der Waals surface area contributed by atoms with Crippen LogP contribution in [0.25, 0.3) is 0 Å². The molecule has 1 saturated heterocycles. The van der Waals surface area contributed by atoms with Gasteiger partial charge in [0.15, 0.2) is 0 Å². The van der Waals surface area contributed by atoms with Crippen molar-refractivity contribution in [1.82, 2.24) is 10.2 Å². The van der Waals surface area contributed by atoms with E-state index in [9.17, 15) is 4.39 Å². The van der Waals surface area contributed by atoms with Crippen LogP contribution in [0.1, 0.15) is 12.5 Å². The molecule has 1 heterocycles. The molecule has 0 unspecified atom stereocenters. The van der Waals surface area contributed by atoms with E-state index >= 15 is 0 Å². The average molecular weight is 287 g/mol. The van der Waals surface area contributed by atoms with Gasteiger partial charge < -0.3 is 5.32 Å². The zero-order chi connectivity index (χ0) is 11.5. The maximum absolute atomic E-state index is 13.1. The number of hydrogen-bond donors (Lipinski definition) is 1. The number of rotatable bonds is 2. The Bertz CT molecular complexity index is 370. The minimum atomic E-state index is -0.165. The molecule has 0 amide bonds. The molecule has 1 aromatic carbocycles. The summed E-state index contributed by atoms with van der Waals surface area (Å²) < 4.78 is 14.1. The summed E-state index contributed by atoms with van der Waals surface area (Å²) in [6, 6.07) is 5.38. The quantitative estimate of drug-likeness (QED) is 0.898. The minimum Gasteiger partial charge on any atom is -0.312 e. The molecule has 4 heteroatoms. The van der Waals surface area contributed by atoms with Crippen LogP contribution in [0.4, 0.5) is 4.39 Å². The van der Waals surface area contributed by atoms with Crippen LogP contribution < -0.4 is 5.32 Å². The van der Waals surface area contributed by atoms with Gasteiger partial charge in [-0.2, -0.15) is 0 Å². The lowest BCUT2D eigenvalue weighted by molar-refractivity contribution is 0.199. The van der Waals surface area contributed by atoms with Crippen molar-refractivity contribution in [3.63, 3.8) is 0 Å². The average Bonchev–Trinajstić information content (AvgIpc) is 2.24. The highest BCUT2D eigenvalue weighted by Gasteiger charge is 2.16. The van der Waals surface area contributed by atoms with Crippen LogP contribution in [0.15, 0.2) is 22.7 Å². The standard InChI is InChI=1S/C12H16BrFN2/c1-9-7-16(5-4-15-9)8-10-6-11(14)2-3-12(10)13/h2-3,6,9,15H,4-5,7-8H2,1H3/t9-/m1/s1. The molecule has 0 aromatic heterocycles. The van der Waals surface area contributed by atoms with Gasteiger partial charge in [0.1, 0.15) is 5.82 Å². The fourth-order valence-electron chi connectivity index (χ4n) is 2.06. The normalized spacial score (nSPS) is 22.3. The Labute approximate surface area is 104 Å². The van der Waals surface area contributed by atoms with Gasteiger partial charge in [0, 0.05) is 36.7 Å². The molecule has 1 fully saturated rings. The molecule has 0 aliphatic carbocycles. The second-order valence-corrected chi connectivity index (χ2v) is 5.18. The van der Waals surface area contributed by atoms with Gasteiger partial charge in [-0.15, -0.1) is 0 Å². The fraction of sp³-hybridized carbons (Fsp3) is 0.500. The Morgan fingerprint density at radius 2 is 2.38 bits per heavy atom. The van der Waals surface area contributed by atoms with Crippen LogP contribution in [0.3, 0.4) is 0 Å². The third-order valence-corrected chi connectivity index (χ3v) is 3.63. The molecule has 1 aliphatic heterocycles. The van der Waals surface area contributed by atoms with Gasteiger partial charge in [0.05, 0.1) is 0 Å². The Hall–Kier alpha value is -0.450. The lowest BCUT2D eigenvalue weighted by atomic mass is 10.1. The number of benzene rings is 1. The number of halogens is 2. The van der Waals surface area contributed by atoms with Crippen LogP contribution in [0.5, 0.6) is 0 Å². The largest absolute Gasteiger partial charge is 0.312 e. The summed E-state index contributed by atoms with van der Waals surface area (Å²) >= 11 is 3.46. The van der Waals surface area contributed by atoms with E-state index in [4.69, 9.17) is 0 Å². The zero-order valence-electron chi connectivity index (χ0n) is 9.34. The van der Waals surface area contributed by atoms with Crippen molar-refractivity contribution in [2.24, 2.45) is 0 Å². The third kappa shape index (κ3) is 3.03. The Morgan fingerprint density at radius 1 is 1.56 bits per heavy atom. The summed E-state index contributed by atoms with van der Waals surface area (Å²) in [5.41, 5.74) is 1.02. The lowest BCUT2D eigenvalue weighted by Gasteiger charge is -2.32. The number of nitrogens with zero attached hydrogens (tertiary/aromatic N) is 1. The van der Waals surface area contributed by atoms with Crippen LogP contribution in [0.2, 0.25) is 0 Å². The first-order valence-corrected chi connectivity index (χ1v) is 6.34. The zero-order valence-corrected chi connectivity index (χ0v) is 10.9. The molecule has 0 radical (unpaired) electrons. The molecule has 1 aliphatic rings. The van der Waals surface area contributed by atoms with E-state index in [1.165, 1.54) is 6.07 Å². The van der Waals surface area contributed by atoms with Gasteiger partial charge >= 0.3 is 0 Å². The number of piperazine rings is 1. The Balaban J connectivity index is 2.05. The van der Waals surface area contributed by atoms with E-state index < -0.39 is 0 Å². The summed E-state index contributed by atoms with van der Waals surface area (Å²) in [6.07, 6.45) is 0. The maximum Gasteiger partial charge on any atom is 0.123 e. The molecule has 0 bridgehead atoms. The lowest BCUT2D eigenvalue weighted by Crippen LogP contribution is -2.48. The van der Waals surface area contributed by atoms with Crippen molar-refractivity contribution in [3.05, 3.63) is 34.1 Å². The van der Waals surface area contributed by atoms with Gasteiger partial charge in [-0.1, -0.05) is 15.9 Å². The smallest absolute Gasteiger partial charge is 0.123 e. The van der Waals surface area contributed by atoms with Crippen LogP contribution in [-0.4, -0.2) is 30.6 Å². The molecule has 2 rings (SSSR count). The topological polar surface area (TPSA) is 15.3 Å². The highest BCUT2D eigenvalue weighted by molar-refractivity contribution is 9.10. The first kappa shape index (κ1) is 12.0. The monoisotopic (exact) mass is 286 g/mol. The molecule has 1 N–H and O–H groups in total. The SMILES string of the molecule is C[C@@H]1CN(Cc2cc(F)ccc2Br)CCN1. The summed E-state index contributed by atoms with van der Waals surface area (Å²) in [7, 11) is 0. The molecular weight excluding hydrogens is 271 g/mol. The van der Waals surface area contributed by atoms with E-state index in [0.717, 1.165) is 36.2 Å². The van der Waals surface area contributed by atoms with Crippen LogP contribution in [-0.2, 0) is 6.54 Å². The van der Waals surface area contributed by atoms with Crippen molar-refractivity contribution in [1.29, 1.82) is 0 Å². The van der Waals surface area contributed by atoms with Crippen molar-refractivity contribution in [3.8, 4) is 0 Å². The highest BCUT2D eigenvalue weighted by atomic mass is 79.9. The van der Waals surface area contributed by atoms with Gasteiger partial charge in [-0.25, -0.2) is 4.39 Å². The molecule has 1 aromatic rings. The van der Waals surface area contributed by atoms with E-state index in [0.29, 0.717) is 6.04 Å². The molecule has 0 spiro atoms. The van der Waals surface area contributed by atoms with E-state index in [2.05, 4.69) is 33.1 Å². The highest BCUT2D eigenvalue weighted by Crippen LogP contribution is 2.20. The molecule has 88 valence electrons. The fourth-order valence-corrected chi connectivity index (χ4v) is 2.43. The summed E-state index contributed by atoms with van der Waals surface area (Å²) in [4.78, 5) is 2.35. The van der Waals surface area contributed by atoms with Crippen molar-refractivity contribution in [2.75, 3.05) is 19.6 Å². The van der Waals surface area contributed by atoms with Gasteiger partial charge in [-0.05, 0) is 30.7 Å². The Kier molecular flexibility index (Phi) is 3.95. The summed E-state index contributed by atoms with van der Waals surface area (Å²) in [5.74, 6) is -0.165. The molecule has 16 heavy (non-hydrogen) atoms. The van der Waals surface area contributed by atoms with Crippen molar-refractivity contribution >= 4 is 15.9 Å². The minimum absolute atomic E-state index is 0.165. The third-order valence-electron chi connectivity index (χ3n) is 2.85. The molecule has 0 saturated carbocycles. The van der Waals surface area contributed by atoms with Gasteiger partial charge in [0.2, 0.25) is 0 Å². The molecule has 2 nitrogen and oxygen atoms in total. The van der Waals surface area contributed by atoms with Crippen molar-refractivity contribution in [2.45, 2.75) is 19.5 Å². The maximum atomic E-state index is 13.1. The predicted octanol–water partition coefficient (Wildman–Crippen LogP) is 2.38. The first-order valence-electron chi connectivity index (χ1n) is 5.55. The molecule has 1 atom stereocenters. The number of nitrogens with one attached hydrogen (secondary N) is 1.